The Labute approximate surface area is 93.8 Å². The molecule has 1 aliphatic heterocycles. The minimum absolute atomic E-state index is 0.196. The second-order valence-corrected chi connectivity index (χ2v) is 4.92. The van der Waals surface area contributed by atoms with E-state index in [-0.39, 0.29) is 5.54 Å². The summed E-state index contributed by atoms with van der Waals surface area (Å²) in [5.41, 5.74) is -0.196. The van der Waals surface area contributed by atoms with Crippen molar-refractivity contribution in [1.29, 1.82) is 0 Å². The smallest absolute Gasteiger partial charge is 0.0743 e. The van der Waals surface area contributed by atoms with Gasteiger partial charge in [0.05, 0.1) is 11.6 Å². The molecule has 0 aromatic carbocycles. The molecule has 1 heterocycles. The van der Waals surface area contributed by atoms with Gasteiger partial charge in [0.25, 0.3) is 0 Å². The second kappa shape index (κ2) is 5.53. The lowest BCUT2D eigenvalue weighted by molar-refractivity contribution is -0.00586. The van der Waals surface area contributed by atoms with Crippen molar-refractivity contribution < 1.29 is 4.74 Å². The molecule has 0 aliphatic carbocycles. The quantitative estimate of drug-likeness (QED) is 0.718. The van der Waals surface area contributed by atoms with Gasteiger partial charge in [0, 0.05) is 12.6 Å². The monoisotopic (exact) mass is 209 g/mol. The molecule has 1 saturated heterocycles. The average Bonchev–Trinajstić information content (AvgIpc) is 2.18. The van der Waals surface area contributed by atoms with Crippen LogP contribution in [0.2, 0.25) is 0 Å². The van der Waals surface area contributed by atoms with Gasteiger partial charge in [0.2, 0.25) is 0 Å². The van der Waals surface area contributed by atoms with E-state index in [2.05, 4.69) is 32.0 Å². The highest BCUT2D eigenvalue weighted by molar-refractivity contribution is 5.08. The van der Waals surface area contributed by atoms with Crippen molar-refractivity contribution >= 4 is 0 Å². The van der Waals surface area contributed by atoms with Crippen molar-refractivity contribution in [2.45, 2.75) is 64.1 Å². The van der Waals surface area contributed by atoms with Crippen LogP contribution in [-0.2, 0) is 4.74 Å². The van der Waals surface area contributed by atoms with E-state index in [0.29, 0.717) is 12.1 Å². The molecule has 0 aromatic heterocycles. The standard InChI is InChI=1S/C13H23NO/c1-5-7-12-10-11(8-9-15-12)14-13(3,4)6-2/h2,11-12,14H,5,7-10H2,1,3-4H3. The summed E-state index contributed by atoms with van der Waals surface area (Å²) < 4.78 is 5.71. The number of ether oxygens (including phenoxy) is 1. The number of hydrogen-bond acceptors (Lipinski definition) is 2. The van der Waals surface area contributed by atoms with E-state index >= 15 is 0 Å². The Morgan fingerprint density at radius 1 is 1.53 bits per heavy atom. The molecular weight excluding hydrogens is 186 g/mol. The maximum atomic E-state index is 5.71. The van der Waals surface area contributed by atoms with Crippen LogP contribution in [0.15, 0.2) is 0 Å². The topological polar surface area (TPSA) is 21.3 Å². The summed E-state index contributed by atoms with van der Waals surface area (Å²) in [5.74, 6) is 2.78. The first-order valence-corrected chi connectivity index (χ1v) is 5.94. The van der Waals surface area contributed by atoms with Crippen LogP contribution in [0.25, 0.3) is 0 Å². The SMILES string of the molecule is C#CC(C)(C)NC1CCOC(CCC)C1. The molecule has 1 N–H and O–H groups in total. The minimum atomic E-state index is -0.196. The van der Waals surface area contributed by atoms with E-state index in [4.69, 9.17) is 11.2 Å². The van der Waals surface area contributed by atoms with Crippen LogP contribution in [0.1, 0.15) is 46.5 Å². The summed E-state index contributed by atoms with van der Waals surface area (Å²) in [6.45, 7) is 7.17. The van der Waals surface area contributed by atoms with Gasteiger partial charge in [-0.15, -0.1) is 6.42 Å². The number of rotatable bonds is 4. The van der Waals surface area contributed by atoms with Crippen LogP contribution in [0.5, 0.6) is 0 Å². The third-order valence-corrected chi connectivity index (χ3v) is 2.90. The summed E-state index contributed by atoms with van der Waals surface area (Å²) in [7, 11) is 0. The Balaban J connectivity index is 2.40. The summed E-state index contributed by atoms with van der Waals surface area (Å²) >= 11 is 0. The van der Waals surface area contributed by atoms with Gasteiger partial charge < -0.3 is 4.74 Å². The molecule has 86 valence electrons. The van der Waals surface area contributed by atoms with Gasteiger partial charge in [0.1, 0.15) is 0 Å². The van der Waals surface area contributed by atoms with E-state index in [0.717, 1.165) is 25.9 Å². The van der Waals surface area contributed by atoms with E-state index in [1.165, 1.54) is 6.42 Å². The van der Waals surface area contributed by atoms with Crippen molar-refractivity contribution in [3.05, 3.63) is 0 Å². The lowest BCUT2D eigenvalue weighted by Gasteiger charge is -2.34. The Morgan fingerprint density at radius 3 is 2.87 bits per heavy atom. The van der Waals surface area contributed by atoms with Crippen LogP contribution >= 0.6 is 0 Å². The van der Waals surface area contributed by atoms with Crippen LogP contribution in [0.3, 0.4) is 0 Å². The predicted octanol–water partition coefficient (Wildman–Crippen LogP) is 2.34. The molecule has 1 aliphatic rings. The van der Waals surface area contributed by atoms with Crippen LogP contribution in [-0.4, -0.2) is 24.3 Å². The molecule has 1 fully saturated rings. The third-order valence-electron chi connectivity index (χ3n) is 2.90. The van der Waals surface area contributed by atoms with Crippen molar-refractivity contribution in [2.75, 3.05) is 6.61 Å². The van der Waals surface area contributed by atoms with Crippen molar-refractivity contribution in [3.8, 4) is 12.3 Å². The van der Waals surface area contributed by atoms with E-state index in [1.807, 2.05) is 0 Å². The van der Waals surface area contributed by atoms with Crippen molar-refractivity contribution in [1.82, 2.24) is 5.32 Å². The first kappa shape index (κ1) is 12.5. The van der Waals surface area contributed by atoms with Gasteiger partial charge in [-0.3, -0.25) is 5.32 Å². The van der Waals surface area contributed by atoms with Gasteiger partial charge in [0.15, 0.2) is 0 Å². The maximum Gasteiger partial charge on any atom is 0.0743 e. The Kier molecular flexibility index (Phi) is 4.63. The molecule has 1 rings (SSSR count). The van der Waals surface area contributed by atoms with Crippen LogP contribution in [0, 0.1) is 12.3 Å². The Morgan fingerprint density at radius 2 is 2.27 bits per heavy atom. The van der Waals surface area contributed by atoms with Gasteiger partial charge in [-0.25, -0.2) is 0 Å². The van der Waals surface area contributed by atoms with Gasteiger partial charge in [-0.05, 0) is 33.1 Å². The largest absolute Gasteiger partial charge is 0.378 e. The van der Waals surface area contributed by atoms with Gasteiger partial charge >= 0.3 is 0 Å². The fourth-order valence-corrected chi connectivity index (χ4v) is 2.09. The summed E-state index contributed by atoms with van der Waals surface area (Å²) in [5, 5.41) is 3.52. The molecule has 2 unspecified atom stereocenters. The predicted molar refractivity (Wildman–Crippen MR) is 63.7 cm³/mol. The van der Waals surface area contributed by atoms with Gasteiger partial charge in [-0.1, -0.05) is 19.3 Å². The Hall–Kier alpha value is -0.520. The maximum absolute atomic E-state index is 5.71. The highest BCUT2D eigenvalue weighted by Gasteiger charge is 2.26. The lowest BCUT2D eigenvalue weighted by atomic mass is 9.96. The molecule has 0 amide bonds. The zero-order valence-corrected chi connectivity index (χ0v) is 10.2. The first-order chi connectivity index (χ1) is 7.07. The number of nitrogens with one attached hydrogen (secondary N) is 1. The van der Waals surface area contributed by atoms with Crippen LogP contribution < -0.4 is 5.32 Å². The molecule has 2 atom stereocenters. The first-order valence-electron chi connectivity index (χ1n) is 5.94. The third kappa shape index (κ3) is 4.24. The molecule has 0 radical (unpaired) electrons. The highest BCUT2D eigenvalue weighted by atomic mass is 16.5. The van der Waals surface area contributed by atoms with E-state index < -0.39 is 0 Å². The number of terminal acetylenes is 1. The van der Waals surface area contributed by atoms with E-state index in [9.17, 15) is 0 Å². The second-order valence-electron chi connectivity index (χ2n) is 4.92. The fourth-order valence-electron chi connectivity index (χ4n) is 2.09. The molecule has 15 heavy (non-hydrogen) atoms. The minimum Gasteiger partial charge on any atom is -0.378 e. The molecule has 0 aromatic rings. The normalized spacial score (nSPS) is 27.3. The lowest BCUT2D eigenvalue weighted by Crippen LogP contribution is -2.48. The fraction of sp³-hybridized carbons (Fsp3) is 0.846. The molecule has 0 bridgehead atoms. The molecule has 2 heteroatoms. The zero-order chi connectivity index (χ0) is 11.3. The zero-order valence-electron chi connectivity index (χ0n) is 10.2. The molecule has 0 spiro atoms. The van der Waals surface area contributed by atoms with E-state index in [1.54, 1.807) is 0 Å². The Bertz CT molecular complexity index is 227. The summed E-state index contributed by atoms with van der Waals surface area (Å²) in [6.07, 6.45) is 10.4. The molecular formula is C13H23NO. The summed E-state index contributed by atoms with van der Waals surface area (Å²) in [4.78, 5) is 0. The summed E-state index contributed by atoms with van der Waals surface area (Å²) in [6, 6.07) is 0.515. The molecule has 0 saturated carbocycles. The highest BCUT2D eigenvalue weighted by Crippen LogP contribution is 2.19. The van der Waals surface area contributed by atoms with Gasteiger partial charge in [-0.2, -0.15) is 0 Å². The average molecular weight is 209 g/mol. The van der Waals surface area contributed by atoms with Crippen molar-refractivity contribution in [3.63, 3.8) is 0 Å². The number of hydrogen-bond donors (Lipinski definition) is 1. The van der Waals surface area contributed by atoms with Crippen molar-refractivity contribution in [2.24, 2.45) is 0 Å². The molecule has 2 nitrogen and oxygen atoms in total. The van der Waals surface area contributed by atoms with Crippen LogP contribution in [0.4, 0.5) is 0 Å².